The molecular weight excluding hydrogens is 440 g/mol. The summed E-state index contributed by atoms with van der Waals surface area (Å²) in [5.74, 6) is 0.567. The zero-order chi connectivity index (χ0) is 20.1. The minimum absolute atomic E-state index is 0.214. The molecule has 7 heteroatoms. The Hall–Kier alpha value is -1.70. The molecular formula is C21H25BrN2O3S. The van der Waals surface area contributed by atoms with E-state index in [1.807, 2.05) is 30.3 Å². The molecule has 0 fully saturated rings. The van der Waals surface area contributed by atoms with Gasteiger partial charge in [-0.05, 0) is 56.7 Å². The maximum atomic E-state index is 12.5. The van der Waals surface area contributed by atoms with Crippen molar-refractivity contribution in [3.8, 4) is 5.75 Å². The third kappa shape index (κ3) is 4.82. The van der Waals surface area contributed by atoms with E-state index in [4.69, 9.17) is 4.74 Å². The number of hydrogen-bond acceptors (Lipinski definition) is 4. The number of halogens is 1. The molecule has 0 atom stereocenters. The second-order valence-electron chi connectivity index (χ2n) is 6.66. The van der Waals surface area contributed by atoms with Crippen LogP contribution in [0, 0.1) is 0 Å². The molecule has 3 rings (SSSR count). The molecule has 5 nitrogen and oxygen atoms in total. The summed E-state index contributed by atoms with van der Waals surface area (Å²) in [6, 6.07) is 12.6. The van der Waals surface area contributed by atoms with Gasteiger partial charge in [-0.1, -0.05) is 41.9 Å². The van der Waals surface area contributed by atoms with E-state index in [0.29, 0.717) is 23.6 Å². The van der Waals surface area contributed by atoms with E-state index in [0.717, 1.165) is 42.5 Å². The van der Waals surface area contributed by atoms with Crippen LogP contribution in [-0.4, -0.2) is 45.3 Å². The molecule has 1 aliphatic heterocycles. The molecule has 28 heavy (non-hydrogen) atoms. The molecule has 0 saturated carbocycles. The predicted molar refractivity (Wildman–Crippen MR) is 116 cm³/mol. The van der Waals surface area contributed by atoms with Crippen molar-refractivity contribution in [1.29, 1.82) is 0 Å². The van der Waals surface area contributed by atoms with Crippen LogP contribution >= 0.6 is 15.9 Å². The van der Waals surface area contributed by atoms with Crippen LogP contribution in [0.25, 0.3) is 0 Å². The van der Waals surface area contributed by atoms with Crippen LogP contribution in [-0.2, 0) is 10.0 Å². The summed E-state index contributed by atoms with van der Waals surface area (Å²) < 4.78 is 35.7. The first-order valence-electron chi connectivity index (χ1n) is 9.55. The number of fused-ring (bicyclic) bond motifs is 1. The Bertz CT molecular complexity index is 952. The lowest BCUT2D eigenvalue weighted by atomic mass is 10.0. The summed E-state index contributed by atoms with van der Waals surface area (Å²) in [7, 11) is -3.70. The molecule has 0 bridgehead atoms. The summed E-state index contributed by atoms with van der Waals surface area (Å²) in [4.78, 5) is 2.59. The van der Waals surface area contributed by atoms with E-state index in [9.17, 15) is 8.42 Å². The van der Waals surface area contributed by atoms with Gasteiger partial charge >= 0.3 is 0 Å². The van der Waals surface area contributed by atoms with Gasteiger partial charge in [-0.3, -0.25) is 0 Å². The molecule has 0 aliphatic carbocycles. The number of rotatable bonds is 9. The first-order valence-corrected chi connectivity index (χ1v) is 11.8. The standard InChI is InChI=1S/C21H25BrN2O3S/c1-3-24(4-2)13-5-6-14-27-18-11-12-19-20(15-18)28(25,26)23-21(19)16-7-9-17(22)10-8-16/h7-12,15H,3-6,13-14H2,1-2H3. The minimum Gasteiger partial charge on any atom is -0.494 e. The highest BCUT2D eigenvalue weighted by Crippen LogP contribution is 2.32. The second-order valence-corrected chi connectivity index (χ2v) is 9.15. The van der Waals surface area contributed by atoms with E-state index < -0.39 is 10.0 Å². The van der Waals surface area contributed by atoms with E-state index >= 15 is 0 Å². The molecule has 2 aromatic rings. The normalized spacial score (nSPS) is 14.8. The molecule has 1 aliphatic rings. The average Bonchev–Trinajstić information content (AvgIpc) is 2.96. The van der Waals surface area contributed by atoms with Crippen molar-refractivity contribution >= 4 is 31.7 Å². The Morgan fingerprint density at radius 1 is 1.04 bits per heavy atom. The van der Waals surface area contributed by atoms with Crippen LogP contribution in [0.4, 0.5) is 0 Å². The third-order valence-corrected chi connectivity index (χ3v) is 6.69. The summed E-state index contributed by atoms with van der Waals surface area (Å²) in [5.41, 5.74) is 1.88. The molecule has 2 aromatic carbocycles. The van der Waals surface area contributed by atoms with E-state index in [2.05, 4.69) is 39.1 Å². The molecule has 0 radical (unpaired) electrons. The number of unbranched alkanes of at least 4 members (excludes halogenated alkanes) is 1. The summed E-state index contributed by atoms with van der Waals surface area (Å²) in [5, 5.41) is 0. The Morgan fingerprint density at radius 3 is 2.43 bits per heavy atom. The first kappa shape index (κ1) is 21.0. The molecule has 1 heterocycles. The number of sulfonamides is 1. The van der Waals surface area contributed by atoms with Crippen molar-refractivity contribution in [1.82, 2.24) is 4.90 Å². The number of hydrogen-bond donors (Lipinski definition) is 0. The Balaban J connectivity index is 1.67. The van der Waals surface area contributed by atoms with Crippen LogP contribution in [0.1, 0.15) is 37.8 Å². The van der Waals surface area contributed by atoms with Gasteiger partial charge < -0.3 is 9.64 Å². The molecule has 150 valence electrons. The van der Waals surface area contributed by atoms with Gasteiger partial charge in [-0.2, -0.15) is 12.8 Å². The van der Waals surface area contributed by atoms with Gasteiger partial charge in [-0.25, -0.2) is 0 Å². The SMILES string of the molecule is CCN(CC)CCCCOc1ccc2c(c1)S(=O)(=O)N=C2c1ccc(Br)cc1. The topological polar surface area (TPSA) is 59.0 Å². The zero-order valence-corrected chi connectivity index (χ0v) is 18.6. The Kier molecular flexibility index (Phi) is 6.91. The molecule has 0 saturated heterocycles. The van der Waals surface area contributed by atoms with Crippen LogP contribution in [0.2, 0.25) is 0 Å². The lowest BCUT2D eigenvalue weighted by Gasteiger charge is -2.17. The van der Waals surface area contributed by atoms with E-state index in [1.165, 1.54) is 0 Å². The monoisotopic (exact) mass is 464 g/mol. The van der Waals surface area contributed by atoms with Gasteiger partial charge in [0.1, 0.15) is 10.6 Å². The lowest BCUT2D eigenvalue weighted by molar-refractivity contribution is 0.266. The van der Waals surface area contributed by atoms with Gasteiger partial charge in [0.15, 0.2) is 0 Å². The molecule has 0 amide bonds. The summed E-state index contributed by atoms with van der Waals surface area (Å²) in [6.45, 7) is 8.06. The van der Waals surface area contributed by atoms with Crippen LogP contribution < -0.4 is 4.74 Å². The van der Waals surface area contributed by atoms with Crippen molar-refractivity contribution in [2.45, 2.75) is 31.6 Å². The first-order chi connectivity index (χ1) is 13.4. The van der Waals surface area contributed by atoms with Crippen molar-refractivity contribution in [3.05, 3.63) is 58.1 Å². The largest absolute Gasteiger partial charge is 0.494 e. The summed E-state index contributed by atoms with van der Waals surface area (Å²) in [6.07, 6.45) is 1.99. The van der Waals surface area contributed by atoms with Gasteiger partial charge in [0.25, 0.3) is 10.0 Å². The van der Waals surface area contributed by atoms with Gasteiger partial charge in [0, 0.05) is 21.7 Å². The quantitative estimate of drug-likeness (QED) is 0.512. The molecule has 0 aromatic heterocycles. The lowest BCUT2D eigenvalue weighted by Crippen LogP contribution is -2.24. The number of benzene rings is 2. The van der Waals surface area contributed by atoms with Crippen molar-refractivity contribution in [3.63, 3.8) is 0 Å². The molecule has 0 spiro atoms. The average molecular weight is 465 g/mol. The van der Waals surface area contributed by atoms with Crippen molar-refractivity contribution < 1.29 is 13.2 Å². The van der Waals surface area contributed by atoms with Crippen LogP contribution in [0.5, 0.6) is 5.75 Å². The van der Waals surface area contributed by atoms with E-state index in [1.54, 1.807) is 12.1 Å². The smallest absolute Gasteiger partial charge is 0.283 e. The van der Waals surface area contributed by atoms with Gasteiger partial charge in [0.2, 0.25) is 0 Å². The number of ether oxygens (including phenoxy) is 1. The molecule has 0 N–H and O–H groups in total. The number of nitrogens with zero attached hydrogens (tertiary/aromatic N) is 2. The zero-order valence-electron chi connectivity index (χ0n) is 16.2. The summed E-state index contributed by atoms with van der Waals surface area (Å²) >= 11 is 3.39. The van der Waals surface area contributed by atoms with E-state index in [-0.39, 0.29) is 4.90 Å². The Labute approximate surface area is 175 Å². The fourth-order valence-corrected chi connectivity index (χ4v) is 4.72. The fraction of sp³-hybridized carbons (Fsp3) is 0.381. The maximum Gasteiger partial charge on any atom is 0.283 e. The van der Waals surface area contributed by atoms with Gasteiger partial charge in [0.05, 0.1) is 12.3 Å². The third-order valence-electron chi connectivity index (χ3n) is 4.85. The fourth-order valence-electron chi connectivity index (χ4n) is 3.20. The highest BCUT2D eigenvalue weighted by atomic mass is 79.9. The highest BCUT2D eigenvalue weighted by molar-refractivity contribution is 9.10. The molecule has 0 unspecified atom stereocenters. The van der Waals surface area contributed by atoms with Crippen molar-refractivity contribution in [2.75, 3.05) is 26.2 Å². The van der Waals surface area contributed by atoms with Crippen LogP contribution in [0.15, 0.2) is 56.2 Å². The Morgan fingerprint density at radius 2 is 1.75 bits per heavy atom. The van der Waals surface area contributed by atoms with Crippen molar-refractivity contribution in [2.24, 2.45) is 4.40 Å². The van der Waals surface area contributed by atoms with Gasteiger partial charge in [-0.15, -0.1) is 0 Å². The van der Waals surface area contributed by atoms with Crippen LogP contribution in [0.3, 0.4) is 0 Å². The minimum atomic E-state index is -3.70. The second kappa shape index (κ2) is 9.20. The highest BCUT2D eigenvalue weighted by Gasteiger charge is 2.30. The maximum absolute atomic E-state index is 12.5. The predicted octanol–water partition coefficient (Wildman–Crippen LogP) is 4.49.